The molecule has 0 fully saturated rings. The van der Waals surface area contributed by atoms with Gasteiger partial charge in [-0.3, -0.25) is 0 Å². The van der Waals surface area contributed by atoms with Crippen LogP contribution in [-0.4, -0.2) is 30.8 Å². The van der Waals surface area contributed by atoms with Crippen LogP contribution < -0.4 is 5.32 Å². The van der Waals surface area contributed by atoms with E-state index in [1.165, 1.54) is 13.4 Å². The molecule has 1 heterocycles. The summed E-state index contributed by atoms with van der Waals surface area (Å²) < 4.78 is 9.56. The third-order valence-corrected chi connectivity index (χ3v) is 2.03. The summed E-state index contributed by atoms with van der Waals surface area (Å²) in [5, 5.41) is 11.8. The minimum atomic E-state index is -0.492. The Balaban J connectivity index is 2.61. The predicted molar refractivity (Wildman–Crippen MR) is 53.4 cm³/mol. The molecule has 15 heavy (non-hydrogen) atoms. The molecule has 84 valence electrons. The van der Waals surface area contributed by atoms with Crippen LogP contribution in [0.3, 0.4) is 0 Å². The lowest BCUT2D eigenvalue weighted by Gasteiger charge is -2.09. The van der Waals surface area contributed by atoms with Crippen molar-refractivity contribution in [2.75, 3.05) is 13.7 Å². The first-order valence-electron chi connectivity index (χ1n) is 4.68. The number of hydrogen-bond acceptors (Lipinski definition) is 5. The van der Waals surface area contributed by atoms with Crippen molar-refractivity contribution in [3.8, 4) is 0 Å². The second-order valence-electron chi connectivity index (χ2n) is 3.23. The number of aliphatic hydroxyl groups excluding tert-OH is 1. The van der Waals surface area contributed by atoms with Crippen molar-refractivity contribution in [3.05, 3.63) is 23.7 Å². The van der Waals surface area contributed by atoms with Crippen LogP contribution in [0.4, 0.5) is 0 Å². The summed E-state index contributed by atoms with van der Waals surface area (Å²) in [7, 11) is 1.30. The standard InChI is InChI=1S/C10H15NO4/c1-7(6-12)11-5-8-3-4-15-9(8)10(13)14-2/h3-4,7,11-12H,5-6H2,1-2H3. The molecule has 1 rings (SSSR count). The third kappa shape index (κ3) is 3.07. The Bertz CT molecular complexity index is 321. The van der Waals surface area contributed by atoms with Gasteiger partial charge in [-0.25, -0.2) is 4.79 Å². The molecule has 0 radical (unpaired) electrons. The minimum Gasteiger partial charge on any atom is -0.463 e. The van der Waals surface area contributed by atoms with Crippen LogP contribution in [0.1, 0.15) is 23.0 Å². The van der Waals surface area contributed by atoms with E-state index in [4.69, 9.17) is 9.52 Å². The Hall–Kier alpha value is -1.33. The number of furan rings is 1. The molecule has 0 bridgehead atoms. The van der Waals surface area contributed by atoms with Crippen LogP contribution in [0.2, 0.25) is 0 Å². The lowest BCUT2D eigenvalue weighted by atomic mass is 10.2. The summed E-state index contributed by atoms with van der Waals surface area (Å²) in [6, 6.07) is 1.67. The second kappa shape index (κ2) is 5.53. The van der Waals surface area contributed by atoms with Crippen molar-refractivity contribution in [2.45, 2.75) is 19.5 Å². The molecule has 1 unspecified atom stereocenters. The number of nitrogens with one attached hydrogen (secondary N) is 1. The Morgan fingerprint density at radius 1 is 1.73 bits per heavy atom. The van der Waals surface area contributed by atoms with Crippen molar-refractivity contribution in [3.63, 3.8) is 0 Å². The van der Waals surface area contributed by atoms with Gasteiger partial charge in [-0.2, -0.15) is 0 Å². The van der Waals surface area contributed by atoms with Crippen LogP contribution in [0.5, 0.6) is 0 Å². The molecule has 5 nitrogen and oxygen atoms in total. The summed E-state index contributed by atoms with van der Waals surface area (Å²) in [5.74, 6) is -0.288. The van der Waals surface area contributed by atoms with E-state index in [0.29, 0.717) is 6.54 Å². The average molecular weight is 213 g/mol. The van der Waals surface area contributed by atoms with Gasteiger partial charge in [-0.15, -0.1) is 0 Å². The summed E-state index contributed by atoms with van der Waals surface area (Å²) >= 11 is 0. The molecule has 0 saturated heterocycles. The summed E-state index contributed by atoms with van der Waals surface area (Å²) in [6.45, 7) is 2.35. The Morgan fingerprint density at radius 3 is 3.07 bits per heavy atom. The zero-order valence-electron chi connectivity index (χ0n) is 8.82. The lowest BCUT2D eigenvalue weighted by Crippen LogP contribution is -2.29. The normalized spacial score (nSPS) is 12.5. The van der Waals surface area contributed by atoms with Gasteiger partial charge in [0.05, 0.1) is 20.0 Å². The van der Waals surface area contributed by atoms with Gasteiger partial charge in [0.15, 0.2) is 0 Å². The van der Waals surface area contributed by atoms with Gasteiger partial charge in [0.2, 0.25) is 5.76 Å². The molecular formula is C10H15NO4. The topological polar surface area (TPSA) is 71.7 Å². The van der Waals surface area contributed by atoms with Crippen molar-refractivity contribution in [1.29, 1.82) is 0 Å². The van der Waals surface area contributed by atoms with E-state index in [1.807, 2.05) is 6.92 Å². The van der Waals surface area contributed by atoms with Crippen LogP contribution in [0.15, 0.2) is 16.7 Å². The highest BCUT2D eigenvalue weighted by molar-refractivity contribution is 5.87. The van der Waals surface area contributed by atoms with Gasteiger partial charge in [-0.05, 0) is 13.0 Å². The number of carbonyl (C=O) groups excluding carboxylic acids is 1. The van der Waals surface area contributed by atoms with E-state index in [-0.39, 0.29) is 18.4 Å². The molecule has 2 N–H and O–H groups in total. The number of ether oxygens (including phenoxy) is 1. The van der Waals surface area contributed by atoms with E-state index in [0.717, 1.165) is 5.56 Å². The second-order valence-corrected chi connectivity index (χ2v) is 3.23. The van der Waals surface area contributed by atoms with Gasteiger partial charge >= 0.3 is 5.97 Å². The SMILES string of the molecule is COC(=O)c1occc1CNC(C)CO. The Morgan fingerprint density at radius 2 is 2.47 bits per heavy atom. The molecule has 0 aliphatic rings. The lowest BCUT2D eigenvalue weighted by molar-refractivity contribution is 0.0563. The van der Waals surface area contributed by atoms with E-state index < -0.39 is 5.97 Å². The molecule has 0 aromatic carbocycles. The fraction of sp³-hybridized carbons (Fsp3) is 0.500. The monoisotopic (exact) mass is 213 g/mol. The largest absolute Gasteiger partial charge is 0.463 e. The van der Waals surface area contributed by atoms with E-state index in [2.05, 4.69) is 10.1 Å². The molecular weight excluding hydrogens is 198 g/mol. The summed E-state index contributed by atoms with van der Waals surface area (Å²) in [6.07, 6.45) is 1.44. The van der Waals surface area contributed by atoms with Crippen LogP contribution in [0, 0.1) is 0 Å². The number of rotatable bonds is 5. The number of carbonyl (C=O) groups is 1. The molecule has 1 aromatic heterocycles. The zero-order chi connectivity index (χ0) is 11.3. The van der Waals surface area contributed by atoms with Gasteiger partial charge in [-0.1, -0.05) is 0 Å². The molecule has 0 saturated carbocycles. The Kier molecular flexibility index (Phi) is 4.33. The molecule has 1 atom stereocenters. The first kappa shape index (κ1) is 11.7. The van der Waals surface area contributed by atoms with Crippen LogP contribution in [-0.2, 0) is 11.3 Å². The highest BCUT2D eigenvalue weighted by Crippen LogP contribution is 2.11. The number of methoxy groups -OCH3 is 1. The number of aliphatic hydroxyl groups is 1. The maximum absolute atomic E-state index is 11.2. The van der Waals surface area contributed by atoms with Crippen molar-refractivity contribution in [2.24, 2.45) is 0 Å². The van der Waals surface area contributed by atoms with Gasteiger partial charge in [0.1, 0.15) is 0 Å². The molecule has 0 spiro atoms. The predicted octanol–water partition coefficient (Wildman–Crippen LogP) is 0.537. The van der Waals surface area contributed by atoms with Gasteiger partial charge in [0, 0.05) is 18.2 Å². The molecule has 0 aliphatic heterocycles. The first-order chi connectivity index (χ1) is 7.19. The van der Waals surface area contributed by atoms with Crippen molar-refractivity contribution < 1.29 is 19.1 Å². The number of esters is 1. The van der Waals surface area contributed by atoms with Gasteiger partial charge < -0.3 is 19.6 Å². The van der Waals surface area contributed by atoms with Crippen LogP contribution >= 0.6 is 0 Å². The Labute approximate surface area is 88.0 Å². The molecule has 5 heteroatoms. The zero-order valence-corrected chi connectivity index (χ0v) is 8.82. The average Bonchev–Trinajstić information content (AvgIpc) is 2.72. The molecule has 1 aromatic rings. The fourth-order valence-electron chi connectivity index (χ4n) is 1.10. The number of hydrogen-bond donors (Lipinski definition) is 2. The highest BCUT2D eigenvalue weighted by Gasteiger charge is 2.15. The minimum absolute atomic E-state index is 0.0228. The smallest absolute Gasteiger partial charge is 0.374 e. The maximum Gasteiger partial charge on any atom is 0.374 e. The van der Waals surface area contributed by atoms with Gasteiger partial charge in [0.25, 0.3) is 0 Å². The van der Waals surface area contributed by atoms with Crippen molar-refractivity contribution >= 4 is 5.97 Å². The molecule has 0 aliphatic carbocycles. The first-order valence-corrected chi connectivity index (χ1v) is 4.68. The quantitative estimate of drug-likeness (QED) is 0.698. The summed E-state index contributed by atoms with van der Waals surface area (Å²) in [4.78, 5) is 11.2. The highest BCUT2D eigenvalue weighted by atomic mass is 16.5. The van der Waals surface area contributed by atoms with Crippen molar-refractivity contribution in [1.82, 2.24) is 5.32 Å². The van der Waals surface area contributed by atoms with E-state index in [1.54, 1.807) is 6.07 Å². The fourth-order valence-corrected chi connectivity index (χ4v) is 1.10. The third-order valence-electron chi connectivity index (χ3n) is 2.03. The summed E-state index contributed by atoms with van der Waals surface area (Å²) in [5.41, 5.74) is 0.724. The van der Waals surface area contributed by atoms with E-state index >= 15 is 0 Å². The van der Waals surface area contributed by atoms with E-state index in [9.17, 15) is 4.79 Å². The maximum atomic E-state index is 11.2. The van der Waals surface area contributed by atoms with Crippen LogP contribution in [0.25, 0.3) is 0 Å². The molecule has 0 amide bonds.